The smallest absolute Gasteiger partial charge is 0.317 e. The standard InChI is InChI=1S/C30H58NO5P/c1-3-5-7-9-11-13-15-17-19-21-23-25-29(34)37(36,31-27-28(32)33)30(35)26-24-22-20-18-16-14-12-10-8-6-4-2/h3-27H2,1-2H3,(H,31,36)(H,32,33). The average molecular weight is 544 g/mol. The van der Waals surface area contributed by atoms with Crippen LogP contribution in [0.15, 0.2) is 0 Å². The lowest BCUT2D eigenvalue weighted by atomic mass is 10.1. The van der Waals surface area contributed by atoms with Gasteiger partial charge in [0.15, 0.2) is 0 Å². The van der Waals surface area contributed by atoms with Gasteiger partial charge >= 0.3 is 5.97 Å². The van der Waals surface area contributed by atoms with Gasteiger partial charge in [-0.15, -0.1) is 0 Å². The lowest BCUT2D eigenvalue weighted by molar-refractivity contribution is -0.135. The Morgan fingerprint density at radius 1 is 0.514 bits per heavy atom. The predicted octanol–water partition coefficient (Wildman–Crippen LogP) is 9.39. The molecule has 0 unspecified atom stereocenters. The first-order valence-electron chi connectivity index (χ1n) is 15.5. The maximum absolute atomic E-state index is 13.3. The van der Waals surface area contributed by atoms with E-state index in [0.717, 1.165) is 38.5 Å². The van der Waals surface area contributed by atoms with Crippen molar-refractivity contribution in [2.75, 3.05) is 6.54 Å². The number of unbranched alkanes of at least 4 members (excludes halogenated alkanes) is 20. The molecule has 2 N–H and O–H groups in total. The van der Waals surface area contributed by atoms with Crippen molar-refractivity contribution < 1.29 is 24.1 Å². The molecule has 0 aliphatic carbocycles. The summed E-state index contributed by atoms with van der Waals surface area (Å²) in [6, 6.07) is 0. The van der Waals surface area contributed by atoms with Gasteiger partial charge in [-0.2, -0.15) is 0 Å². The Morgan fingerprint density at radius 3 is 1.05 bits per heavy atom. The number of carboxylic acid groups (broad SMARTS) is 1. The highest BCUT2D eigenvalue weighted by molar-refractivity contribution is 7.92. The molecule has 0 saturated heterocycles. The van der Waals surface area contributed by atoms with Crippen molar-refractivity contribution in [1.82, 2.24) is 5.09 Å². The van der Waals surface area contributed by atoms with E-state index in [1.807, 2.05) is 0 Å². The van der Waals surface area contributed by atoms with Gasteiger partial charge in [0.05, 0.1) is 0 Å². The van der Waals surface area contributed by atoms with Crippen LogP contribution in [-0.4, -0.2) is 28.7 Å². The van der Waals surface area contributed by atoms with Crippen molar-refractivity contribution in [3.63, 3.8) is 0 Å². The minimum Gasteiger partial charge on any atom is -0.480 e. The number of carbonyl (C=O) groups is 3. The molecular weight excluding hydrogens is 485 g/mol. The molecule has 0 fully saturated rings. The fourth-order valence-electron chi connectivity index (χ4n) is 4.69. The molecule has 0 atom stereocenters. The van der Waals surface area contributed by atoms with Gasteiger partial charge < -0.3 is 5.11 Å². The Kier molecular flexibility index (Phi) is 24.6. The van der Waals surface area contributed by atoms with Crippen LogP contribution in [0.4, 0.5) is 0 Å². The molecule has 7 heteroatoms. The van der Waals surface area contributed by atoms with Crippen LogP contribution in [0.2, 0.25) is 0 Å². The van der Waals surface area contributed by atoms with E-state index in [4.69, 9.17) is 5.11 Å². The molecule has 0 aliphatic rings. The van der Waals surface area contributed by atoms with Crippen LogP contribution in [0.3, 0.4) is 0 Å². The van der Waals surface area contributed by atoms with Gasteiger partial charge in [-0.05, 0) is 12.8 Å². The Hall–Kier alpha value is -1.00. The summed E-state index contributed by atoms with van der Waals surface area (Å²) in [6.45, 7) is 3.81. The maximum atomic E-state index is 13.3. The molecule has 0 aliphatic heterocycles. The number of rotatable bonds is 29. The van der Waals surface area contributed by atoms with Crippen molar-refractivity contribution >= 4 is 24.3 Å². The Bertz CT molecular complexity index is 595. The summed E-state index contributed by atoms with van der Waals surface area (Å²) in [5.74, 6) is -1.22. The van der Waals surface area contributed by atoms with E-state index < -0.39 is 30.9 Å². The van der Waals surface area contributed by atoms with Crippen LogP contribution in [0.5, 0.6) is 0 Å². The molecule has 6 nitrogen and oxygen atoms in total. The van der Waals surface area contributed by atoms with Gasteiger partial charge in [0.2, 0.25) is 11.0 Å². The number of hydrogen-bond acceptors (Lipinski definition) is 4. The van der Waals surface area contributed by atoms with Gasteiger partial charge in [0.25, 0.3) is 7.29 Å². The summed E-state index contributed by atoms with van der Waals surface area (Å²) in [5, 5.41) is 11.3. The van der Waals surface area contributed by atoms with Crippen LogP contribution >= 0.6 is 7.29 Å². The third-order valence-electron chi connectivity index (χ3n) is 7.14. The number of carboxylic acids is 1. The summed E-state index contributed by atoms with van der Waals surface area (Å²) in [4.78, 5) is 36.5. The molecule has 0 saturated carbocycles. The molecule has 0 radical (unpaired) electrons. The molecule has 0 aromatic rings. The van der Waals surface area contributed by atoms with Crippen molar-refractivity contribution in [1.29, 1.82) is 0 Å². The summed E-state index contributed by atoms with van der Waals surface area (Å²) >= 11 is 0. The van der Waals surface area contributed by atoms with Crippen molar-refractivity contribution in [3.05, 3.63) is 0 Å². The predicted molar refractivity (Wildman–Crippen MR) is 155 cm³/mol. The van der Waals surface area contributed by atoms with Crippen molar-refractivity contribution in [3.8, 4) is 0 Å². The van der Waals surface area contributed by atoms with Gasteiger partial charge in [-0.3, -0.25) is 18.9 Å². The zero-order valence-electron chi connectivity index (χ0n) is 24.2. The summed E-state index contributed by atoms with van der Waals surface area (Å²) < 4.78 is 13.3. The van der Waals surface area contributed by atoms with Crippen LogP contribution in [0.25, 0.3) is 0 Å². The van der Waals surface area contributed by atoms with Crippen LogP contribution in [0.1, 0.15) is 168 Å². The number of carbonyl (C=O) groups excluding carboxylic acids is 2. The Balaban J connectivity index is 4.18. The van der Waals surface area contributed by atoms with Crippen molar-refractivity contribution in [2.24, 2.45) is 0 Å². The van der Waals surface area contributed by atoms with E-state index in [1.165, 1.54) is 89.9 Å². The lowest BCUT2D eigenvalue weighted by Gasteiger charge is -2.16. The third kappa shape index (κ3) is 20.6. The second kappa shape index (κ2) is 25.3. The minimum atomic E-state index is -4.02. The van der Waals surface area contributed by atoms with E-state index in [2.05, 4.69) is 18.9 Å². The molecule has 0 heterocycles. The monoisotopic (exact) mass is 543 g/mol. The minimum absolute atomic E-state index is 0.0743. The fraction of sp³-hybridized carbons (Fsp3) is 0.900. The summed E-state index contributed by atoms with van der Waals surface area (Å²) in [6.07, 6.45) is 25.4. The molecule has 0 aromatic heterocycles. The van der Waals surface area contributed by atoms with Crippen LogP contribution < -0.4 is 5.09 Å². The Morgan fingerprint density at radius 2 is 0.784 bits per heavy atom. The molecule has 0 spiro atoms. The highest BCUT2D eigenvalue weighted by atomic mass is 31.2. The fourth-order valence-corrected chi connectivity index (χ4v) is 6.62. The first kappa shape index (κ1) is 36.0. The van der Waals surface area contributed by atoms with E-state index in [9.17, 15) is 18.9 Å². The highest BCUT2D eigenvalue weighted by Crippen LogP contribution is 2.46. The topological polar surface area (TPSA) is 101 Å². The third-order valence-corrected chi connectivity index (χ3v) is 9.60. The van der Waals surface area contributed by atoms with E-state index in [0.29, 0.717) is 12.8 Å². The maximum Gasteiger partial charge on any atom is 0.317 e. The van der Waals surface area contributed by atoms with Gasteiger partial charge in [-0.1, -0.05) is 142 Å². The molecular formula is C30H58NO5P. The normalized spacial score (nSPS) is 11.6. The molecule has 0 rings (SSSR count). The van der Waals surface area contributed by atoms with E-state index in [-0.39, 0.29) is 12.8 Å². The van der Waals surface area contributed by atoms with Crippen LogP contribution in [0, 0.1) is 0 Å². The molecule has 218 valence electrons. The SMILES string of the molecule is CCCCCCCCCCCCCC(=O)P(=O)(NCC(=O)O)C(=O)CCCCCCCCCCCCC. The lowest BCUT2D eigenvalue weighted by Crippen LogP contribution is -2.27. The van der Waals surface area contributed by atoms with Crippen molar-refractivity contribution in [2.45, 2.75) is 168 Å². The van der Waals surface area contributed by atoms with Gasteiger partial charge in [0.1, 0.15) is 6.54 Å². The van der Waals surface area contributed by atoms with E-state index in [1.54, 1.807) is 0 Å². The number of hydrogen-bond donors (Lipinski definition) is 2. The quantitative estimate of drug-likeness (QED) is 0.0720. The second-order valence-electron chi connectivity index (χ2n) is 10.7. The molecule has 0 amide bonds. The van der Waals surface area contributed by atoms with Crippen LogP contribution in [-0.2, 0) is 18.9 Å². The Labute approximate surface area is 227 Å². The molecule has 0 bridgehead atoms. The van der Waals surface area contributed by atoms with Gasteiger partial charge in [-0.25, -0.2) is 5.09 Å². The largest absolute Gasteiger partial charge is 0.480 e. The van der Waals surface area contributed by atoms with E-state index >= 15 is 0 Å². The highest BCUT2D eigenvalue weighted by Gasteiger charge is 2.38. The molecule has 37 heavy (non-hydrogen) atoms. The zero-order valence-corrected chi connectivity index (χ0v) is 25.1. The first-order valence-corrected chi connectivity index (χ1v) is 17.2. The average Bonchev–Trinajstić information content (AvgIpc) is 2.88. The first-order chi connectivity index (χ1) is 17.9. The molecule has 0 aromatic carbocycles. The number of nitrogens with one attached hydrogen (secondary N) is 1. The zero-order chi connectivity index (χ0) is 27.6. The summed E-state index contributed by atoms with van der Waals surface area (Å²) in [7, 11) is -4.02. The summed E-state index contributed by atoms with van der Waals surface area (Å²) in [5.41, 5.74) is -1.20. The second-order valence-corrected chi connectivity index (χ2v) is 13.2. The number of aliphatic carboxylic acids is 1. The van der Waals surface area contributed by atoms with Gasteiger partial charge in [0, 0.05) is 12.8 Å².